The summed E-state index contributed by atoms with van der Waals surface area (Å²) in [5.41, 5.74) is 5.23. The zero-order valence-corrected chi connectivity index (χ0v) is 12.6. The van der Waals surface area contributed by atoms with Crippen LogP contribution >= 0.6 is 15.9 Å². The van der Waals surface area contributed by atoms with E-state index in [9.17, 15) is 0 Å². The molecule has 0 bridgehead atoms. The van der Waals surface area contributed by atoms with Crippen LogP contribution < -0.4 is 11.3 Å². The highest BCUT2D eigenvalue weighted by Crippen LogP contribution is 2.19. The first kappa shape index (κ1) is 14.2. The molecular weight excluding hydrogens is 304 g/mol. The molecule has 2 aromatic rings. The SMILES string of the molecule is CCCn1cc(C(Cc2cccc(Br)c2)NN)cn1. The van der Waals surface area contributed by atoms with E-state index < -0.39 is 0 Å². The van der Waals surface area contributed by atoms with E-state index in [1.165, 1.54) is 5.56 Å². The molecule has 0 aliphatic carbocycles. The fourth-order valence-corrected chi connectivity index (χ4v) is 2.53. The number of hydrogen-bond donors (Lipinski definition) is 2. The van der Waals surface area contributed by atoms with Gasteiger partial charge in [-0.15, -0.1) is 0 Å². The number of nitrogens with two attached hydrogens (primary N) is 1. The quantitative estimate of drug-likeness (QED) is 0.635. The number of hydrogen-bond acceptors (Lipinski definition) is 3. The second-order valence-electron chi connectivity index (χ2n) is 4.59. The van der Waals surface area contributed by atoms with Gasteiger partial charge in [0, 0.05) is 22.8 Å². The molecule has 19 heavy (non-hydrogen) atoms. The Balaban J connectivity index is 2.10. The van der Waals surface area contributed by atoms with Crippen molar-refractivity contribution in [2.45, 2.75) is 32.4 Å². The van der Waals surface area contributed by atoms with Crippen molar-refractivity contribution < 1.29 is 0 Å². The molecule has 1 unspecified atom stereocenters. The molecule has 0 aliphatic rings. The van der Waals surface area contributed by atoms with E-state index in [-0.39, 0.29) is 6.04 Å². The third kappa shape index (κ3) is 3.89. The van der Waals surface area contributed by atoms with Gasteiger partial charge < -0.3 is 0 Å². The maximum Gasteiger partial charge on any atom is 0.0538 e. The molecule has 0 saturated carbocycles. The van der Waals surface area contributed by atoms with Gasteiger partial charge in [0.2, 0.25) is 0 Å². The minimum Gasteiger partial charge on any atom is -0.272 e. The molecule has 0 fully saturated rings. The van der Waals surface area contributed by atoms with E-state index in [2.05, 4.69) is 51.7 Å². The summed E-state index contributed by atoms with van der Waals surface area (Å²) < 4.78 is 3.04. The Hall–Kier alpha value is -1.17. The normalized spacial score (nSPS) is 12.6. The summed E-state index contributed by atoms with van der Waals surface area (Å²) in [6.45, 7) is 3.08. The lowest BCUT2D eigenvalue weighted by atomic mass is 10.0. The number of nitrogens with zero attached hydrogens (tertiary/aromatic N) is 2. The van der Waals surface area contributed by atoms with Crippen LogP contribution in [0, 0.1) is 0 Å². The number of aryl methyl sites for hydroxylation is 1. The lowest BCUT2D eigenvalue weighted by Gasteiger charge is -2.14. The van der Waals surface area contributed by atoms with Gasteiger partial charge in [0.25, 0.3) is 0 Å². The number of halogens is 1. The van der Waals surface area contributed by atoms with E-state index in [4.69, 9.17) is 5.84 Å². The molecule has 0 saturated heterocycles. The summed E-state index contributed by atoms with van der Waals surface area (Å²) >= 11 is 3.49. The molecule has 1 aromatic heterocycles. The maximum absolute atomic E-state index is 5.68. The van der Waals surface area contributed by atoms with Gasteiger partial charge in [-0.2, -0.15) is 5.10 Å². The zero-order chi connectivity index (χ0) is 13.7. The number of rotatable bonds is 6. The van der Waals surface area contributed by atoms with Crippen LogP contribution in [-0.2, 0) is 13.0 Å². The molecule has 3 N–H and O–H groups in total. The average Bonchev–Trinajstić information content (AvgIpc) is 2.85. The summed E-state index contributed by atoms with van der Waals surface area (Å²) in [5.74, 6) is 5.68. The molecule has 1 aromatic carbocycles. The van der Waals surface area contributed by atoms with Gasteiger partial charge in [-0.3, -0.25) is 16.0 Å². The van der Waals surface area contributed by atoms with Gasteiger partial charge in [0.1, 0.15) is 0 Å². The van der Waals surface area contributed by atoms with E-state index in [1.807, 2.05) is 23.0 Å². The number of nitrogens with one attached hydrogen (secondary N) is 1. The van der Waals surface area contributed by atoms with Crippen LogP contribution in [0.25, 0.3) is 0 Å². The zero-order valence-electron chi connectivity index (χ0n) is 11.0. The van der Waals surface area contributed by atoms with E-state index >= 15 is 0 Å². The minimum atomic E-state index is 0.0832. The second kappa shape index (κ2) is 6.84. The van der Waals surface area contributed by atoms with E-state index in [0.29, 0.717) is 0 Å². The molecule has 1 heterocycles. The van der Waals surface area contributed by atoms with Gasteiger partial charge in [-0.05, 0) is 30.5 Å². The highest BCUT2D eigenvalue weighted by atomic mass is 79.9. The molecule has 0 spiro atoms. The minimum absolute atomic E-state index is 0.0832. The third-order valence-electron chi connectivity index (χ3n) is 3.04. The molecule has 0 amide bonds. The van der Waals surface area contributed by atoms with Crippen molar-refractivity contribution in [3.05, 3.63) is 52.3 Å². The van der Waals surface area contributed by atoms with Gasteiger partial charge in [-0.1, -0.05) is 35.0 Å². The van der Waals surface area contributed by atoms with Crippen molar-refractivity contribution in [2.24, 2.45) is 5.84 Å². The largest absolute Gasteiger partial charge is 0.272 e. The highest BCUT2D eigenvalue weighted by Gasteiger charge is 2.12. The summed E-state index contributed by atoms with van der Waals surface area (Å²) in [7, 11) is 0. The predicted octanol–water partition coefficient (Wildman–Crippen LogP) is 2.80. The Bertz CT molecular complexity index is 524. The molecule has 0 aliphatic heterocycles. The Morgan fingerprint density at radius 1 is 1.47 bits per heavy atom. The Morgan fingerprint density at radius 2 is 2.32 bits per heavy atom. The first-order valence-electron chi connectivity index (χ1n) is 6.46. The lowest BCUT2D eigenvalue weighted by molar-refractivity contribution is 0.548. The van der Waals surface area contributed by atoms with Crippen molar-refractivity contribution >= 4 is 15.9 Å². The van der Waals surface area contributed by atoms with Crippen LogP contribution in [0.5, 0.6) is 0 Å². The van der Waals surface area contributed by atoms with Crippen molar-refractivity contribution in [3.63, 3.8) is 0 Å². The smallest absolute Gasteiger partial charge is 0.0538 e. The lowest BCUT2D eigenvalue weighted by Crippen LogP contribution is -2.29. The van der Waals surface area contributed by atoms with Crippen LogP contribution in [0.3, 0.4) is 0 Å². The monoisotopic (exact) mass is 322 g/mol. The topological polar surface area (TPSA) is 55.9 Å². The first-order chi connectivity index (χ1) is 9.22. The fraction of sp³-hybridized carbons (Fsp3) is 0.357. The molecule has 4 nitrogen and oxygen atoms in total. The molecule has 5 heteroatoms. The van der Waals surface area contributed by atoms with E-state index in [0.717, 1.165) is 29.4 Å². The summed E-state index contributed by atoms with van der Waals surface area (Å²) in [6.07, 6.45) is 5.87. The first-order valence-corrected chi connectivity index (χ1v) is 7.25. The molecule has 102 valence electrons. The van der Waals surface area contributed by atoms with Crippen LogP contribution in [0.2, 0.25) is 0 Å². The standard InChI is InChI=1S/C14H19BrN4/c1-2-6-19-10-12(9-17-19)14(18-16)8-11-4-3-5-13(15)7-11/h3-5,7,9-10,14,18H,2,6,8,16H2,1H3. The van der Waals surface area contributed by atoms with Crippen molar-refractivity contribution in [1.82, 2.24) is 15.2 Å². The fourth-order valence-electron chi connectivity index (χ4n) is 2.08. The molecule has 2 rings (SSSR count). The summed E-state index contributed by atoms with van der Waals surface area (Å²) in [6, 6.07) is 8.35. The third-order valence-corrected chi connectivity index (χ3v) is 3.53. The molecular formula is C14H19BrN4. The summed E-state index contributed by atoms with van der Waals surface area (Å²) in [5, 5.41) is 4.35. The highest BCUT2D eigenvalue weighted by molar-refractivity contribution is 9.10. The number of hydrazine groups is 1. The molecule has 1 atom stereocenters. The Labute approximate surface area is 122 Å². The average molecular weight is 323 g/mol. The van der Waals surface area contributed by atoms with Gasteiger partial charge in [-0.25, -0.2) is 0 Å². The number of benzene rings is 1. The summed E-state index contributed by atoms with van der Waals surface area (Å²) in [4.78, 5) is 0. The Kier molecular flexibility index (Phi) is 5.13. The van der Waals surface area contributed by atoms with Crippen LogP contribution in [0.1, 0.15) is 30.5 Å². The van der Waals surface area contributed by atoms with Crippen molar-refractivity contribution in [1.29, 1.82) is 0 Å². The molecule has 0 radical (unpaired) electrons. The number of aromatic nitrogens is 2. The maximum atomic E-state index is 5.68. The van der Waals surface area contributed by atoms with Crippen LogP contribution in [0.15, 0.2) is 41.1 Å². The van der Waals surface area contributed by atoms with Gasteiger partial charge in [0.15, 0.2) is 0 Å². The van der Waals surface area contributed by atoms with Gasteiger partial charge >= 0.3 is 0 Å². The van der Waals surface area contributed by atoms with Crippen LogP contribution in [0.4, 0.5) is 0 Å². The predicted molar refractivity (Wildman–Crippen MR) is 80.4 cm³/mol. The van der Waals surface area contributed by atoms with Crippen LogP contribution in [-0.4, -0.2) is 9.78 Å². The van der Waals surface area contributed by atoms with Crippen molar-refractivity contribution in [2.75, 3.05) is 0 Å². The second-order valence-corrected chi connectivity index (χ2v) is 5.51. The van der Waals surface area contributed by atoms with Crippen molar-refractivity contribution in [3.8, 4) is 0 Å². The Morgan fingerprint density at radius 3 is 3.00 bits per heavy atom. The van der Waals surface area contributed by atoms with E-state index in [1.54, 1.807) is 0 Å². The van der Waals surface area contributed by atoms with Gasteiger partial charge in [0.05, 0.1) is 12.2 Å².